The average molecular weight is 437 g/mol. The second-order valence-electron chi connectivity index (χ2n) is 6.55. The summed E-state index contributed by atoms with van der Waals surface area (Å²) in [5, 5.41) is 2.84. The second-order valence-corrected chi connectivity index (χ2v) is 8.23. The van der Waals surface area contributed by atoms with Crippen LogP contribution in [0.3, 0.4) is 0 Å². The van der Waals surface area contributed by atoms with Crippen LogP contribution < -0.4 is 24.2 Å². The largest absolute Gasteiger partial charge is 0.494 e. The van der Waals surface area contributed by atoms with Gasteiger partial charge in [0.2, 0.25) is 0 Å². The lowest BCUT2D eigenvalue weighted by Crippen LogP contribution is -2.32. The van der Waals surface area contributed by atoms with Crippen molar-refractivity contribution in [2.24, 2.45) is 0 Å². The second kappa shape index (κ2) is 10.2. The van der Waals surface area contributed by atoms with Crippen molar-refractivity contribution in [3.05, 3.63) is 42.0 Å². The van der Waals surface area contributed by atoms with Crippen molar-refractivity contribution in [2.75, 3.05) is 25.5 Å². The Morgan fingerprint density at radius 3 is 2.17 bits per heavy atom. The van der Waals surface area contributed by atoms with Gasteiger partial charge in [0, 0.05) is 12.1 Å². The molecule has 0 unspecified atom stereocenters. The maximum absolute atomic E-state index is 12.9. The molecule has 0 aliphatic carbocycles. The molecule has 0 aliphatic heterocycles. The van der Waals surface area contributed by atoms with Crippen molar-refractivity contribution in [1.82, 2.24) is 5.32 Å². The molecule has 0 saturated heterocycles. The van der Waals surface area contributed by atoms with Crippen LogP contribution in [0.5, 0.6) is 17.2 Å². The lowest BCUT2D eigenvalue weighted by molar-refractivity contribution is 0.0940. The fraction of sp³-hybridized carbons (Fsp3) is 0.381. The Morgan fingerprint density at radius 1 is 1.03 bits per heavy atom. The number of hydrogen-bond acceptors (Lipinski definition) is 6. The molecule has 1 amide bonds. The predicted octanol–water partition coefficient (Wildman–Crippen LogP) is 3.43. The van der Waals surface area contributed by atoms with Crippen LogP contribution in [0.15, 0.2) is 41.3 Å². The highest BCUT2D eigenvalue weighted by Crippen LogP contribution is 2.34. The van der Waals surface area contributed by atoms with Gasteiger partial charge in [0.25, 0.3) is 15.9 Å². The smallest absolute Gasteiger partial charge is 0.261 e. The molecule has 0 saturated carbocycles. The zero-order valence-electron chi connectivity index (χ0n) is 17.8. The van der Waals surface area contributed by atoms with Gasteiger partial charge >= 0.3 is 0 Å². The maximum Gasteiger partial charge on any atom is 0.261 e. The Kier molecular flexibility index (Phi) is 7.93. The Bertz CT molecular complexity index is 974. The van der Waals surface area contributed by atoms with E-state index >= 15 is 0 Å². The summed E-state index contributed by atoms with van der Waals surface area (Å²) in [5.41, 5.74) is 0.213. The molecule has 2 aromatic rings. The van der Waals surface area contributed by atoms with E-state index in [0.29, 0.717) is 23.9 Å². The fourth-order valence-electron chi connectivity index (χ4n) is 2.64. The van der Waals surface area contributed by atoms with E-state index in [9.17, 15) is 13.2 Å². The highest BCUT2D eigenvalue weighted by atomic mass is 32.2. The molecular weight excluding hydrogens is 408 g/mol. The number of anilines is 1. The minimum Gasteiger partial charge on any atom is -0.494 e. The highest BCUT2D eigenvalue weighted by molar-refractivity contribution is 7.92. The molecular formula is C21H28N2O6S. The van der Waals surface area contributed by atoms with Gasteiger partial charge in [0.1, 0.15) is 5.75 Å². The van der Waals surface area contributed by atoms with Crippen LogP contribution in [-0.4, -0.2) is 41.2 Å². The molecule has 30 heavy (non-hydrogen) atoms. The first-order chi connectivity index (χ1) is 14.2. The molecule has 1 atom stereocenters. The number of hydrogen-bond donors (Lipinski definition) is 2. The SMILES string of the molecule is CCOc1ccc(S(=O)(=O)Nc2cc(OC)c(OC)cc2C(=O)N[C@H](C)CC)cc1. The Hall–Kier alpha value is -2.94. The number of rotatable bonds is 10. The summed E-state index contributed by atoms with van der Waals surface area (Å²) in [6.45, 7) is 6.12. The van der Waals surface area contributed by atoms with Gasteiger partial charge in [0.15, 0.2) is 11.5 Å². The summed E-state index contributed by atoms with van der Waals surface area (Å²) in [4.78, 5) is 12.8. The van der Waals surface area contributed by atoms with Crippen LogP contribution in [0.4, 0.5) is 5.69 Å². The predicted molar refractivity (Wildman–Crippen MR) is 115 cm³/mol. The Balaban J connectivity index is 2.46. The molecule has 0 heterocycles. The van der Waals surface area contributed by atoms with E-state index < -0.39 is 15.9 Å². The first kappa shape index (κ1) is 23.3. The Morgan fingerprint density at radius 2 is 1.63 bits per heavy atom. The molecule has 2 rings (SSSR count). The monoisotopic (exact) mass is 436 g/mol. The molecule has 164 valence electrons. The van der Waals surface area contributed by atoms with Crippen LogP contribution in [0.1, 0.15) is 37.6 Å². The molecule has 8 nitrogen and oxygen atoms in total. The molecule has 0 fully saturated rings. The molecule has 0 radical (unpaired) electrons. The lowest BCUT2D eigenvalue weighted by Gasteiger charge is -2.18. The van der Waals surface area contributed by atoms with Gasteiger partial charge in [-0.05, 0) is 50.6 Å². The van der Waals surface area contributed by atoms with Crippen LogP contribution in [0, 0.1) is 0 Å². The average Bonchev–Trinajstić information content (AvgIpc) is 2.73. The first-order valence-electron chi connectivity index (χ1n) is 9.58. The topological polar surface area (TPSA) is 103 Å². The van der Waals surface area contributed by atoms with E-state index in [1.807, 2.05) is 20.8 Å². The van der Waals surface area contributed by atoms with E-state index in [1.165, 1.54) is 38.5 Å². The van der Waals surface area contributed by atoms with Gasteiger partial charge in [-0.3, -0.25) is 9.52 Å². The maximum atomic E-state index is 12.9. The third-order valence-corrected chi connectivity index (χ3v) is 5.83. The van der Waals surface area contributed by atoms with Gasteiger partial charge in [-0.2, -0.15) is 0 Å². The number of benzene rings is 2. The van der Waals surface area contributed by atoms with E-state index in [0.717, 1.165) is 6.42 Å². The number of carbonyl (C=O) groups excluding carboxylic acids is 1. The van der Waals surface area contributed by atoms with Crippen molar-refractivity contribution in [3.8, 4) is 17.2 Å². The minimum absolute atomic E-state index is 0.0361. The number of methoxy groups -OCH3 is 2. The molecule has 0 aromatic heterocycles. The molecule has 2 aromatic carbocycles. The zero-order chi connectivity index (χ0) is 22.3. The molecule has 0 aliphatic rings. The van der Waals surface area contributed by atoms with Gasteiger partial charge in [-0.15, -0.1) is 0 Å². The van der Waals surface area contributed by atoms with Crippen LogP contribution >= 0.6 is 0 Å². The molecule has 0 bridgehead atoms. The molecule has 9 heteroatoms. The quantitative estimate of drug-likeness (QED) is 0.591. The summed E-state index contributed by atoms with van der Waals surface area (Å²) in [6, 6.07) is 8.82. The van der Waals surface area contributed by atoms with Gasteiger partial charge < -0.3 is 19.5 Å². The van der Waals surface area contributed by atoms with Crippen LogP contribution in [0.25, 0.3) is 0 Å². The summed E-state index contributed by atoms with van der Waals surface area (Å²) in [6.07, 6.45) is 0.728. The van der Waals surface area contributed by atoms with Crippen molar-refractivity contribution in [1.29, 1.82) is 0 Å². The van der Waals surface area contributed by atoms with Gasteiger partial charge in [-0.25, -0.2) is 8.42 Å². The third kappa shape index (κ3) is 5.56. The van der Waals surface area contributed by atoms with Crippen molar-refractivity contribution in [2.45, 2.75) is 38.1 Å². The summed E-state index contributed by atoms with van der Waals surface area (Å²) >= 11 is 0. The van der Waals surface area contributed by atoms with Crippen molar-refractivity contribution >= 4 is 21.6 Å². The normalized spacial score (nSPS) is 12.0. The number of carbonyl (C=O) groups is 1. The summed E-state index contributed by atoms with van der Waals surface area (Å²) in [5.74, 6) is 0.753. The van der Waals surface area contributed by atoms with Crippen molar-refractivity contribution < 1.29 is 27.4 Å². The van der Waals surface area contributed by atoms with E-state index in [1.54, 1.807) is 12.1 Å². The summed E-state index contributed by atoms with van der Waals surface area (Å²) in [7, 11) is -1.09. The van der Waals surface area contributed by atoms with Crippen molar-refractivity contribution in [3.63, 3.8) is 0 Å². The molecule has 0 spiro atoms. The molecule has 2 N–H and O–H groups in total. The number of ether oxygens (including phenoxy) is 3. The number of amides is 1. The minimum atomic E-state index is -3.96. The number of nitrogens with one attached hydrogen (secondary N) is 2. The van der Waals surface area contributed by atoms with Crippen LogP contribution in [-0.2, 0) is 10.0 Å². The third-order valence-electron chi connectivity index (χ3n) is 4.45. The highest BCUT2D eigenvalue weighted by Gasteiger charge is 2.22. The fourth-order valence-corrected chi connectivity index (χ4v) is 3.71. The first-order valence-corrected chi connectivity index (χ1v) is 11.1. The Labute approximate surface area is 177 Å². The van der Waals surface area contributed by atoms with Gasteiger partial charge in [-0.1, -0.05) is 6.92 Å². The van der Waals surface area contributed by atoms with E-state index in [4.69, 9.17) is 14.2 Å². The van der Waals surface area contributed by atoms with E-state index in [-0.39, 0.29) is 22.2 Å². The summed E-state index contributed by atoms with van der Waals surface area (Å²) < 4.78 is 44.2. The van der Waals surface area contributed by atoms with E-state index in [2.05, 4.69) is 10.0 Å². The van der Waals surface area contributed by atoms with Gasteiger partial charge in [0.05, 0.1) is 37.0 Å². The lowest BCUT2D eigenvalue weighted by atomic mass is 10.1. The standard InChI is InChI=1S/C21H28N2O6S/c1-6-14(3)22-21(24)17-12-19(27-4)20(28-5)13-18(17)23-30(25,26)16-10-8-15(9-11-16)29-7-2/h8-14,23H,6-7H2,1-5H3,(H,22,24)/t14-/m1/s1. The zero-order valence-corrected chi connectivity index (χ0v) is 18.6. The number of sulfonamides is 1. The van der Waals surface area contributed by atoms with Crippen LogP contribution in [0.2, 0.25) is 0 Å².